The highest BCUT2D eigenvalue weighted by Gasteiger charge is 2.06. The topological polar surface area (TPSA) is 85.6 Å². The molecule has 2 aromatic rings. The van der Waals surface area contributed by atoms with E-state index < -0.39 is 0 Å². The predicted molar refractivity (Wildman–Crippen MR) is 107 cm³/mol. The number of rotatable bonds is 10. The fourth-order valence-electron chi connectivity index (χ4n) is 2.74. The van der Waals surface area contributed by atoms with Crippen LogP contribution >= 0.6 is 0 Å². The second-order valence-corrected chi connectivity index (χ2v) is 5.91. The van der Waals surface area contributed by atoms with Crippen molar-refractivity contribution in [1.29, 1.82) is 0 Å². The average Bonchev–Trinajstić information content (AvgIpc) is 3.15. The van der Waals surface area contributed by atoms with E-state index in [9.17, 15) is 0 Å². The largest absolute Gasteiger partial charge is 0.497 e. The first-order chi connectivity index (χ1) is 13.2. The van der Waals surface area contributed by atoms with Crippen molar-refractivity contribution < 1.29 is 9.47 Å². The molecular formula is C19H30N6O2. The van der Waals surface area contributed by atoms with E-state index in [0.29, 0.717) is 6.54 Å². The Kier molecular flexibility index (Phi) is 8.41. The van der Waals surface area contributed by atoms with Gasteiger partial charge in [-0.05, 0) is 37.1 Å². The zero-order valence-corrected chi connectivity index (χ0v) is 16.7. The molecule has 0 saturated carbocycles. The minimum atomic E-state index is 0.645. The lowest BCUT2D eigenvalue weighted by Gasteiger charge is -2.13. The summed E-state index contributed by atoms with van der Waals surface area (Å²) in [4.78, 5) is 4.66. The molecule has 1 aromatic carbocycles. The van der Waals surface area contributed by atoms with Gasteiger partial charge >= 0.3 is 0 Å². The Bertz CT molecular complexity index is 729. The molecule has 0 amide bonds. The molecule has 0 saturated heterocycles. The van der Waals surface area contributed by atoms with Gasteiger partial charge in [-0.25, -0.2) is 0 Å². The third-order valence-corrected chi connectivity index (χ3v) is 4.14. The molecule has 0 aliphatic rings. The minimum Gasteiger partial charge on any atom is -0.497 e. The van der Waals surface area contributed by atoms with Crippen molar-refractivity contribution in [3.63, 3.8) is 0 Å². The Balaban J connectivity index is 1.91. The van der Waals surface area contributed by atoms with Crippen LogP contribution in [-0.4, -0.2) is 54.6 Å². The summed E-state index contributed by atoms with van der Waals surface area (Å²) in [6.45, 7) is 7.13. The molecule has 27 heavy (non-hydrogen) atoms. The van der Waals surface area contributed by atoms with Crippen LogP contribution in [0.1, 0.15) is 25.2 Å². The lowest BCUT2D eigenvalue weighted by molar-refractivity contribution is 0.399. The number of hydrogen-bond donors (Lipinski definition) is 2. The number of benzene rings is 1. The summed E-state index contributed by atoms with van der Waals surface area (Å²) in [5.74, 6) is 3.46. The molecule has 0 bridgehead atoms. The third kappa shape index (κ3) is 6.16. The highest BCUT2D eigenvalue weighted by atomic mass is 16.5. The van der Waals surface area contributed by atoms with Gasteiger partial charge in [-0.3, -0.25) is 4.99 Å². The molecule has 0 unspecified atom stereocenters. The second-order valence-electron chi connectivity index (χ2n) is 5.91. The highest BCUT2D eigenvalue weighted by Crippen LogP contribution is 2.24. The lowest BCUT2D eigenvalue weighted by Crippen LogP contribution is -2.39. The van der Waals surface area contributed by atoms with Crippen LogP contribution in [0.3, 0.4) is 0 Å². The van der Waals surface area contributed by atoms with Crippen LogP contribution in [-0.2, 0) is 19.4 Å². The second kappa shape index (κ2) is 11.1. The molecule has 0 spiro atoms. The van der Waals surface area contributed by atoms with Crippen LogP contribution in [0.5, 0.6) is 11.5 Å². The van der Waals surface area contributed by atoms with Gasteiger partial charge in [-0.1, -0.05) is 6.92 Å². The van der Waals surface area contributed by atoms with E-state index in [1.165, 1.54) is 0 Å². The van der Waals surface area contributed by atoms with E-state index in [-0.39, 0.29) is 0 Å². The molecule has 8 nitrogen and oxygen atoms in total. The first-order valence-electron chi connectivity index (χ1n) is 9.31. The van der Waals surface area contributed by atoms with Crippen molar-refractivity contribution in [2.75, 3.05) is 33.9 Å². The van der Waals surface area contributed by atoms with E-state index in [4.69, 9.17) is 9.47 Å². The molecule has 0 radical (unpaired) electrons. The molecule has 1 heterocycles. The Hall–Kier alpha value is -2.77. The normalized spacial score (nSPS) is 11.3. The molecule has 1 aromatic heterocycles. The van der Waals surface area contributed by atoms with Crippen LogP contribution in [0.25, 0.3) is 0 Å². The van der Waals surface area contributed by atoms with E-state index in [1.807, 2.05) is 18.2 Å². The van der Waals surface area contributed by atoms with E-state index in [0.717, 1.165) is 61.3 Å². The molecule has 2 N–H and O–H groups in total. The maximum atomic E-state index is 5.43. The zero-order valence-electron chi connectivity index (χ0n) is 16.7. The van der Waals surface area contributed by atoms with Gasteiger partial charge < -0.3 is 24.7 Å². The summed E-state index contributed by atoms with van der Waals surface area (Å²) in [7, 11) is 3.34. The minimum absolute atomic E-state index is 0.645. The number of methoxy groups -OCH3 is 2. The van der Waals surface area contributed by atoms with Crippen molar-refractivity contribution in [2.45, 2.75) is 33.2 Å². The summed E-state index contributed by atoms with van der Waals surface area (Å²) in [5, 5.41) is 14.7. The van der Waals surface area contributed by atoms with Gasteiger partial charge in [0.1, 0.15) is 23.7 Å². The maximum absolute atomic E-state index is 5.43. The molecule has 0 aliphatic heterocycles. The number of nitrogens with zero attached hydrogens (tertiary/aromatic N) is 4. The number of hydrogen-bond acceptors (Lipinski definition) is 5. The van der Waals surface area contributed by atoms with Crippen molar-refractivity contribution in [1.82, 2.24) is 25.4 Å². The number of aryl methyl sites for hydroxylation is 1. The summed E-state index contributed by atoms with van der Waals surface area (Å²) in [6, 6.07) is 5.81. The number of ether oxygens (including phenoxy) is 2. The van der Waals surface area contributed by atoms with Crippen LogP contribution in [0.15, 0.2) is 29.5 Å². The number of aliphatic imine (C=N–C) groups is 1. The van der Waals surface area contributed by atoms with Crippen LogP contribution < -0.4 is 20.1 Å². The van der Waals surface area contributed by atoms with Crippen molar-refractivity contribution >= 4 is 5.96 Å². The lowest BCUT2D eigenvalue weighted by atomic mass is 10.1. The van der Waals surface area contributed by atoms with E-state index in [2.05, 4.69) is 44.2 Å². The summed E-state index contributed by atoms with van der Waals surface area (Å²) < 4.78 is 12.8. The quantitative estimate of drug-likeness (QED) is 0.486. The zero-order chi connectivity index (χ0) is 19.5. The molecule has 0 aliphatic carbocycles. The number of guanidine groups is 1. The number of nitrogens with one attached hydrogen (secondary N) is 2. The Morgan fingerprint density at radius 1 is 1.19 bits per heavy atom. The van der Waals surface area contributed by atoms with Gasteiger partial charge in [0.2, 0.25) is 0 Å². The van der Waals surface area contributed by atoms with Crippen molar-refractivity contribution in [2.24, 2.45) is 4.99 Å². The van der Waals surface area contributed by atoms with E-state index >= 15 is 0 Å². The van der Waals surface area contributed by atoms with Gasteiger partial charge in [0.05, 0.1) is 14.2 Å². The Labute approximate surface area is 161 Å². The number of aromatic nitrogens is 3. The average molecular weight is 374 g/mol. The Morgan fingerprint density at radius 2 is 2.04 bits per heavy atom. The van der Waals surface area contributed by atoms with Crippen molar-refractivity contribution in [3.8, 4) is 11.5 Å². The fourth-order valence-corrected chi connectivity index (χ4v) is 2.74. The predicted octanol–water partition coefficient (Wildman–Crippen LogP) is 1.66. The Morgan fingerprint density at radius 3 is 2.74 bits per heavy atom. The van der Waals surface area contributed by atoms with Gasteiger partial charge in [-0.2, -0.15) is 0 Å². The molecule has 148 valence electrons. The van der Waals surface area contributed by atoms with Gasteiger partial charge in [0.25, 0.3) is 0 Å². The first-order valence-corrected chi connectivity index (χ1v) is 9.31. The highest BCUT2D eigenvalue weighted by molar-refractivity contribution is 5.79. The molecule has 8 heteroatoms. The van der Waals surface area contributed by atoms with Crippen LogP contribution in [0.2, 0.25) is 0 Å². The molecule has 2 rings (SSSR count). The SMILES string of the molecule is CCNC(=NCCc1cc(OC)ccc1OC)NCCn1cnnc1CC. The van der Waals surface area contributed by atoms with Gasteiger partial charge in [0.15, 0.2) is 5.96 Å². The van der Waals surface area contributed by atoms with Gasteiger partial charge in [-0.15, -0.1) is 10.2 Å². The molecular weight excluding hydrogens is 344 g/mol. The van der Waals surface area contributed by atoms with E-state index in [1.54, 1.807) is 20.5 Å². The monoisotopic (exact) mass is 374 g/mol. The van der Waals surface area contributed by atoms with Crippen LogP contribution in [0.4, 0.5) is 0 Å². The first kappa shape index (κ1) is 20.5. The maximum Gasteiger partial charge on any atom is 0.191 e. The standard InChI is InChI=1S/C19H30N6O2/c1-5-18-24-23-14-25(18)12-11-22-19(20-6-2)21-10-9-15-13-16(26-3)7-8-17(15)27-4/h7-8,13-14H,5-6,9-12H2,1-4H3,(H2,20,21,22). The smallest absolute Gasteiger partial charge is 0.191 e. The van der Waals surface area contributed by atoms with Crippen LogP contribution in [0, 0.1) is 0 Å². The van der Waals surface area contributed by atoms with Gasteiger partial charge in [0, 0.05) is 32.6 Å². The summed E-state index contributed by atoms with van der Waals surface area (Å²) in [6.07, 6.45) is 3.40. The third-order valence-electron chi connectivity index (χ3n) is 4.14. The molecule has 0 fully saturated rings. The summed E-state index contributed by atoms with van der Waals surface area (Å²) >= 11 is 0. The fraction of sp³-hybridized carbons (Fsp3) is 0.526. The van der Waals surface area contributed by atoms with Crippen molar-refractivity contribution in [3.05, 3.63) is 35.9 Å². The summed E-state index contributed by atoms with van der Waals surface area (Å²) in [5.41, 5.74) is 1.08. The molecule has 0 atom stereocenters.